The van der Waals surface area contributed by atoms with Gasteiger partial charge in [-0.15, -0.1) is 0 Å². The van der Waals surface area contributed by atoms with Gasteiger partial charge in [-0.3, -0.25) is 9.78 Å². The molecule has 2 heterocycles. The number of hydrogen-bond acceptors (Lipinski definition) is 3. The molecule has 5 heteroatoms. The van der Waals surface area contributed by atoms with Crippen molar-refractivity contribution in [3.8, 4) is 5.75 Å². The van der Waals surface area contributed by atoms with Gasteiger partial charge in [-0.05, 0) is 43.0 Å². The quantitative estimate of drug-likeness (QED) is 0.851. The molecule has 0 radical (unpaired) electrons. The van der Waals surface area contributed by atoms with Gasteiger partial charge in [-0.2, -0.15) is 0 Å². The van der Waals surface area contributed by atoms with Crippen LogP contribution in [0.4, 0.5) is 4.39 Å². The minimum atomic E-state index is -0.340. The molecule has 120 valence electrons. The number of benzene rings is 1. The minimum Gasteiger partial charge on any atom is -0.491 e. The fourth-order valence-corrected chi connectivity index (χ4v) is 2.82. The van der Waals surface area contributed by atoms with Crippen LogP contribution in [0.3, 0.4) is 0 Å². The Hall–Kier alpha value is -2.43. The largest absolute Gasteiger partial charge is 0.491 e. The first kappa shape index (κ1) is 15.5. The van der Waals surface area contributed by atoms with Crippen molar-refractivity contribution in [2.24, 2.45) is 5.92 Å². The van der Waals surface area contributed by atoms with Crippen molar-refractivity contribution in [3.05, 3.63) is 60.2 Å². The van der Waals surface area contributed by atoms with E-state index in [4.69, 9.17) is 4.74 Å². The molecule has 4 nitrogen and oxygen atoms in total. The highest BCUT2D eigenvalue weighted by Gasteiger charge is 2.26. The third-order valence-corrected chi connectivity index (χ3v) is 4.10. The van der Waals surface area contributed by atoms with Crippen LogP contribution in [0.5, 0.6) is 5.75 Å². The summed E-state index contributed by atoms with van der Waals surface area (Å²) in [6, 6.07) is 9.96. The number of carbonyl (C=O) groups is 1. The van der Waals surface area contributed by atoms with E-state index in [0.29, 0.717) is 24.6 Å². The summed E-state index contributed by atoms with van der Waals surface area (Å²) in [4.78, 5) is 18.2. The van der Waals surface area contributed by atoms with E-state index in [0.717, 1.165) is 19.4 Å². The number of para-hydroxylation sites is 1. The molecule has 1 fully saturated rings. The van der Waals surface area contributed by atoms with Crippen LogP contribution in [-0.2, 0) is 0 Å². The summed E-state index contributed by atoms with van der Waals surface area (Å²) in [5, 5.41) is 0. The zero-order valence-corrected chi connectivity index (χ0v) is 12.8. The highest BCUT2D eigenvalue weighted by Crippen LogP contribution is 2.22. The maximum atomic E-state index is 13.5. The number of rotatable bonds is 5. The molecule has 1 atom stereocenters. The summed E-state index contributed by atoms with van der Waals surface area (Å²) in [7, 11) is 0. The Kier molecular flexibility index (Phi) is 4.86. The molecular weight excluding hydrogens is 295 g/mol. The van der Waals surface area contributed by atoms with E-state index < -0.39 is 0 Å². The zero-order chi connectivity index (χ0) is 16.1. The number of likely N-dealkylation sites (tertiary alicyclic amines) is 1. The molecule has 0 N–H and O–H groups in total. The van der Waals surface area contributed by atoms with Gasteiger partial charge in [-0.25, -0.2) is 4.39 Å². The van der Waals surface area contributed by atoms with Gasteiger partial charge < -0.3 is 9.64 Å². The van der Waals surface area contributed by atoms with Gasteiger partial charge in [0.2, 0.25) is 0 Å². The van der Waals surface area contributed by atoms with Gasteiger partial charge >= 0.3 is 0 Å². The summed E-state index contributed by atoms with van der Waals surface area (Å²) in [5.41, 5.74) is 0.621. The lowest BCUT2D eigenvalue weighted by Crippen LogP contribution is -2.28. The van der Waals surface area contributed by atoms with Crippen LogP contribution in [0.25, 0.3) is 0 Å². The number of carbonyl (C=O) groups excluding carboxylic acids is 1. The Balaban J connectivity index is 1.47. The van der Waals surface area contributed by atoms with E-state index in [9.17, 15) is 9.18 Å². The Bertz CT molecular complexity index is 663. The summed E-state index contributed by atoms with van der Waals surface area (Å²) in [5.74, 6) is 0.360. The highest BCUT2D eigenvalue weighted by molar-refractivity contribution is 5.94. The molecule has 1 aromatic carbocycles. The number of amides is 1. The van der Waals surface area contributed by atoms with E-state index in [-0.39, 0.29) is 17.5 Å². The lowest BCUT2D eigenvalue weighted by atomic mass is 10.1. The van der Waals surface area contributed by atoms with Gasteiger partial charge in [0.15, 0.2) is 11.6 Å². The molecule has 0 aliphatic carbocycles. The maximum absolute atomic E-state index is 13.5. The molecule has 2 aromatic rings. The molecule has 0 spiro atoms. The molecule has 1 unspecified atom stereocenters. The average molecular weight is 314 g/mol. The number of nitrogens with zero attached hydrogens (tertiary/aromatic N) is 2. The normalized spacial score (nSPS) is 17.3. The molecule has 23 heavy (non-hydrogen) atoms. The van der Waals surface area contributed by atoms with Crippen LogP contribution in [-0.4, -0.2) is 35.5 Å². The first-order valence-corrected chi connectivity index (χ1v) is 7.80. The fourth-order valence-electron chi connectivity index (χ4n) is 2.82. The van der Waals surface area contributed by atoms with Crippen LogP contribution < -0.4 is 4.74 Å². The molecule has 1 saturated heterocycles. The van der Waals surface area contributed by atoms with Crippen molar-refractivity contribution in [3.63, 3.8) is 0 Å². The fraction of sp³-hybridized carbons (Fsp3) is 0.333. The molecule has 1 aromatic heterocycles. The van der Waals surface area contributed by atoms with Gasteiger partial charge in [0.1, 0.15) is 0 Å². The van der Waals surface area contributed by atoms with E-state index in [1.807, 2.05) is 4.90 Å². The lowest BCUT2D eigenvalue weighted by Gasteiger charge is -2.16. The van der Waals surface area contributed by atoms with E-state index in [2.05, 4.69) is 4.98 Å². The van der Waals surface area contributed by atoms with Gasteiger partial charge in [-0.1, -0.05) is 12.1 Å². The summed E-state index contributed by atoms with van der Waals surface area (Å²) in [6.07, 6.45) is 5.01. The van der Waals surface area contributed by atoms with Crippen LogP contribution in [0.2, 0.25) is 0 Å². The molecule has 0 bridgehead atoms. The molecule has 3 rings (SSSR count). The monoisotopic (exact) mass is 314 g/mol. The van der Waals surface area contributed by atoms with E-state index in [1.54, 1.807) is 42.7 Å². The van der Waals surface area contributed by atoms with Crippen LogP contribution >= 0.6 is 0 Å². The van der Waals surface area contributed by atoms with Gasteiger partial charge in [0.25, 0.3) is 5.91 Å². The summed E-state index contributed by atoms with van der Waals surface area (Å²) < 4.78 is 19.0. The van der Waals surface area contributed by atoms with Crippen LogP contribution in [0, 0.1) is 11.7 Å². The molecule has 0 saturated carbocycles. The lowest BCUT2D eigenvalue weighted by molar-refractivity contribution is 0.0785. The van der Waals surface area contributed by atoms with Gasteiger partial charge in [0.05, 0.1) is 12.2 Å². The molecule has 1 aliphatic rings. The average Bonchev–Trinajstić information content (AvgIpc) is 3.06. The van der Waals surface area contributed by atoms with Crippen molar-refractivity contribution < 1.29 is 13.9 Å². The molecule has 1 aliphatic heterocycles. The minimum absolute atomic E-state index is 0.0237. The summed E-state index contributed by atoms with van der Waals surface area (Å²) >= 11 is 0. The Morgan fingerprint density at radius 3 is 2.96 bits per heavy atom. The first-order valence-electron chi connectivity index (χ1n) is 7.80. The number of ether oxygens (including phenoxy) is 1. The van der Waals surface area contributed by atoms with Crippen LogP contribution in [0.15, 0.2) is 48.8 Å². The Morgan fingerprint density at radius 1 is 1.30 bits per heavy atom. The van der Waals surface area contributed by atoms with Crippen molar-refractivity contribution in [2.45, 2.75) is 12.8 Å². The van der Waals surface area contributed by atoms with Crippen molar-refractivity contribution >= 4 is 5.91 Å². The van der Waals surface area contributed by atoms with Crippen molar-refractivity contribution in [1.29, 1.82) is 0 Å². The maximum Gasteiger partial charge on any atom is 0.255 e. The van der Waals surface area contributed by atoms with E-state index in [1.165, 1.54) is 6.07 Å². The predicted octanol–water partition coefficient (Wildman–Crippen LogP) is 3.15. The highest BCUT2D eigenvalue weighted by atomic mass is 19.1. The third-order valence-electron chi connectivity index (χ3n) is 4.10. The zero-order valence-electron chi connectivity index (χ0n) is 12.8. The third kappa shape index (κ3) is 3.86. The van der Waals surface area contributed by atoms with Crippen molar-refractivity contribution in [2.75, 3.05) is 19.7 Å². The SMILES string of the molecule is O=C(c1cccnc1)N1CCC(CCOc2ccccc2F)C1. The van der Waals surface area contributed by atoms with E-state index >= 15 is 0 Å². The standard InChI is InChI=1S/C18H19FN2O2/c19-16-5-1-2-6-17(16)23-11-8-14-7-10-21(13-14)18(22)15-4-3-9-20-12-15/h1-6,9,12,14H,7-8,10-11,13H2. The summed E-state index contributed by atoms with van der Waals surface area (Å²) in [6.45, 7) is 1.92. The van der Waals surface area contributed by atoms with Crippen molar-refractivity contribution in [1.82, 2.24) is 9.88 Å². The number of aromatic nitrogens is 1. The predicted molar refractivity (Wildman–Crippen MR) is 84.8 cm³/mol. The number of pyridine rings is 1. The van der Waals surface area contributed by atoms with Crippen LogP contribution in [0.1, 0.15) is 23.2 Å². The second-order valence-corrected chi connectivity index (χ2v) is 5.72. The smallest absolute Gasteiger partial charge is 0.255 e. The topological polar surface area (TPSA) is 42.4 Å². The first-order chi connectivity index (χ1) is 11.2. The Morgan fingerprint density at radius 2 is 2.17 bits per heavy atom. The second-order valence-electron chi connectivity index (χ2n) is 5.72. The number of hydrogen-bond donors (Lipinski definition) is 0. The number of halogens is 1. The molecule has 1 amide bonds. The molecular formula is C18H19FN2O2. The Labute approximate surface area is 134 Å². The van der Waals surface area contributed by atoms with Gasteiger partial charge in [0, 0.05) is 25.5 Å². The second kappa shape index (κ2) is 7.22.